The average molecular weight is 397 g/mol. The molecule has 3 aromatic carbocycles. The molecule has 0 aliphatic carbocycles. The van der Waals surface area contributed by atoms with Gasteiger partial charge >= 0.3 is 0 Å². The molecule has 4 rings (SSSR count). The third kappa shape index (κ3) is 3.34. The van der Waals surface area contributed by atoms with Crippen molar-refractivity contribution in [2.45, 2.75) is 0 Å². The maximum Gasteiger partial charge on any atom is 0.258 e. The van der Waals surface area contributed by atoms with Crippen LogP contribution in [0.5, 0.6) is 0 Å². The molecule has 6 heteroatoms. The van der Waals surface area contributed by atoms with Crippen molar-refractivity contribution in [2.75, 3.05) is 26.2 Å². The first-order valence-electron chi connectivity index (χ1n) is 9.06. The van der Waals surface area contributed by atoms with Crippen LogP contribution < -0.4 is 0 Å². The van der Waals surface area contributed by atoms with Gasteiger partial charge in [-0.3, -0.25) is 9.59 Å². The monoisotopic (exact) mass is 396 g/mol. The topological polar surface area (TPSA) is 40.6 Å². The van der Waals surface area contributed by atoms with E-state index in [4.69, 9.17) is 11.6 Å². The van der Waals surface area contributed by atoms with E-state index in [1.807, 2.05) is 42.5 Å². The number of benzene rings is 3. The van der Waals surface area contributed by atoms with E-state index in [9.17, 15) is 14.0 Å². The summed E-state index contributed by atoms with van der Waals surface area (Å²) < 4.78 is 14.0. The standard InChI is InChI=1S/C22H18ClFN2O2/c23-18-9-4-10-19(24)20(18)22(28)26-13-11-25(12-14-26)21(27)17-8-3-6-15-5-1-2-7-16(15)17/h1-10H,11-14H2. The Labute approximate surface area is 167 Å². The third-order valence-corrected chi connectivity index (χ3v) is 5.37. The highest BCUT2D eigenvalue weighted by molar-refractivity contribution is 6.33. The van der Waals surface area contributed by atoms with Crippen molar-refractivity contribution in [1.29, 1.82) is 0 Å². The number of fused-ring (bicyclic) bond motifs is 1. The van der Waals surface area contributed by atoms with Crippen molar-refractivity contribution in [3.8, 4) is 0 Å². The molecule has 0 N–H and O–H groups in total. The van der Waals surface area contributed by atoms with E-state index in [0.717, 1.165) is 10.8 Å². The van der Waals surface area contributed by atoms with E-state index in [1.165, 1.54) is 23.1 Å². The third-order valence-electron chi connectivity index (χ3n) is 5.05. The Balaban J connectivity index is 1.50. The number of carbonyl (C=O) groups is 2. The molecule has 4 nitrogen and oxygen atoms in total. The molecular formula is C22H18ClFN2O2. The van der Waals surface area contributed by atoms with E-state index < -0.39 is 11.7 Å². The lowest BCUT2D eigenvalue weighted by Crippen LogP contribution is -2.50. The quantitative estimate of drug-likeness (QED) is 0.650. The zero-order valence-corrected chi connectivity index (χ0v) is 15.8. The summed E-state index contributed by atoms with van der Waals surface area (Å²) in [5.41, 5.74) is 0.535. The molecule has 1 saturated heterocycles. The first-order chi connectivity index (χ1) is 13.6. The minimum absolute atomic E-state index is 0.0622. The van der Waals surface area contributed by atoms with Crippen LogP contribution in [0.15, 0.2) is 60.7 Å². The van der Waals surface area contributed by atoms with Gasteiger partial charge in [0.2, 0.25) is 0 Å². The summed E-state index contributed by atoms with van der Waals surface area (Å²) in [5.74, 6) is -1.14. The molecule has 0 bridgehead atoms. The summed E-state index contributed by atoms with van der Waals surface area (Å²) in [6, 6.07) is 17.6. The molecule has 0 atom stereocenters. The first kappa shape index (κ1) is 18.4. The van der Waals surface area contributed by atoms with Crippen LogP contribution in [-0.2, 0) is 0 Å². The van der Waals surface area contributed by atoms with Crippen LogP contribution in [0.2, 0.25) is 5.02 Å². The molecule has 142 valence electrons. The number of hydrogen-bond acceptors (Lipinski definition) is 2. The number of piperazine rings is 1. The number of carbonyl (C=O) groups excluding carboxylic acids is 2. The van der Waals surface area contributed by atoms with Gasteiger partial charge in [-0.2, -0.15) is 0 Å². The molecule has 0 radical (unpaired) electrons. The fraction of sp³-hybridized carbons (Fsp3) is 0.182. The SMILES string of the molecule is O=C(c1c(F)cccc1Cl)N1CCN(C(=O)c2cccc3ccccc23)CC1. The highest BCUT2D eigenvalue weighted by atomic mass is 35.5. The predicted molar refractivity (Wildman–Crippen MR) is 107 cm³/mol. The summed E-state index contributed by atoms with van der Waals surface area (Å²) in [7, 11) is 0. The molecule has 1 aliphatic heterocycles. The molecule has 0 saturated carbocycles. The second-order valence-electron chi connectivity index (χ2n) is 6.71. The fourth-order valence-corrected chi connectivity index (χ4v) is 3.80. The maximum absolute atomic E-state index is 14.0. The second kappa shape index (κ2) is 7.60. The van der Waals surface area contributed by atoms with Gasteiger partial charge in [-0.1, -0.05) is 54.1 Å². The summed E-state index contributed by atoms with van der Waals surface area (Å²) in [6.07, 6.45) is 0. The summed E-state index contributed by atoms with van der Waals surface area (Å²) in [4.78, 5) is 28.9. The van der Waals surface area contributed by atoms with Crippen LogP contribution in [0.25, 0.3) is 10.8 Å². The maximum atomic E-state index is 14.0. The summed E-state index contributed by atoms with van der Waals surface area (Å²) >= 11 is 6.01. The van der Waals surface area contributed by atoms with E-state index in [0.29, 0.717) is 31.7 Å². The first-order valence-corrected chi connectivity index (χ1v) is 9.44. The molecule has 2 amide bonds. The van der Waals surface area contributed by atoms with Gasteiger partial charge in [0.1, 0.15) is 5.82 Å². The summed E-state index contributed by atoms with van der Waals surface area (Å²) in [6.45, 7) is 1.44. The van der Waals surface area contributed by atoms with Crippen molar-refractivity contribution in [3.63, 3.8) is 0 Å². The smallest absolute Gasteiger partial charge is 0.258 e. The minimum Gasteiger partial charge on any atom is -0.335 e. The largest absolute Gasteiger partial charge is 0.335 e. The number of amides is 2. The molecule has 1 heterocycles. The van der Waals surface area contributed by atoms with Gasteiger partial charge in [0, 0.05) is 31.7 Å². The van der Waals surface area contributed by atoms with Crippen LogP contribution in [0, 0.1) is 5.82 Å². The van der Waals surface area contributed by atoms with Gasteiger partial charge < -0.3 is 9.80 Å². The van der Waals surface area contributed by atoms with Crippen molar-refractivity contribution in [1.82, 2.24) is 9.80 Å². The van der Waals surface area contributed by atoms with Crippen molar-refractivity contribution in [3.05, 3.63) is 82.6 Å². The van der Waals surface area contributed by atoms with Crippen molar-refractivity contribution in [2.24, 2.45) is 0 Å². The van der Waals surface area contributed by atoms with Gasteiger partial charge in [0.25, 0.3) is 11.8 Å². The van der Waals surface area contributed by atoms with E-state index in [2.05, 4.69) is 0 Å². The minimum atomic E-state index is -0.633. The van der Waals surface area contributed by atoms with Gasteiger partial charge in [0.05, 0.1) is 10.6 Å². The number of halogens is 2. The van der Waals surface area contributed by atoms with Gasteiger partial charge in [0.15, 0.2) is 0 Å². The molecular weight excluding hydrogens is 379 g/mol. The number of rotatable bonds is 2. The van der Waals surface area contributed by atoms with Crippen LogP contribution in [-0.4, -0.2) is 47.8 Å². The highest BCUT2D eigenvalue weighted by Gasteiger charge is 2.28. The van der Waals surface area contributed by atoms with E-state index in [-0.39, 0.29) is 16.5 Å². The molecule has 0 spiro atoms. The Morgan fingerprint density at radius 3 is 2.11 bits per heavy atom. The van der Waals surface area contributed by atoms with Crippen LogP contribution in [0.3, 0.4) is 0 Å². The number of hydrogen-bond donors (Lipinski definition) is 0. The zero-order chi connectivity index (χ0) is 19.7. The van der Waals surface area contributed by atoms with Crippen molar-refractivity contribution < 1.29 is 14.0 Å². The molecule has 1 fully saturated rings. The van der Waals surface area contributed by atoms with Gasteiger partial charge in [-0.05, 0) is 29.0 Å². The number of nitrogens with zero attached hydrogens (tertiary/aromatic N) is 2. The second-order valence-corrected chi connectivity index (χ2v) is 7.11. The van der Waals surface area contributed by atoms with E-state index >= 15 is 0 Å². The normalized spacial score (nSPS) is 14.4. The lowest BCUT2D eigenvalue weighted by atomic mass is 10.0. The molecule has 0 aromatic heterocycles. The highest BCUT2D eigenvalue weighted by Crippen LogP contribution is 2.23. The van der Waals surface area contributed by atoms with Crippen LogP contribution in [0.4, 0.5) is 4.39 Å². The zero-order valence-electron chi connectivity index (χ0n) is 15.1. The summed E-state index contributed by atoms with van der Waals surface area (Å²) in [5, 5.41) is 2.02. The lowest BCUT2D eigenvalue weighted by molar-refractivity contribution is 0.0534. The fourth-order valence-electron chi connectivity index (χ4n) is 3.56. The van der Waals surface area contributed by atoms with Crippen LogP contribution in [0.1, 0.15) is 20.7 Å². The Hall–Kier alpha value is -2.92. The molecule has 1 aliphatic rings. The van der Waals surface area contributed by atoms with Gasteiger partial charge in [-0.25, -0.2) is 4.39 Å². The Morgan fingerprint density at radius 2 is 1.39 bits per heavy atom. The van der Waals surface area contributed by atoms with Crippen LogP contribution >= 0.6 is 11.6 Å². The lowest BCUT2D eigenvalue weighted by Gasteiger charge is -2.35. The van der Waals surface area contributed by atoms with Gasteiger partial charge in [-0.15, -0.1) is 0 Å². The average Bonchev–Trinajstić information content (AvgIpc) is 2.73. The predicted octanol–water partition coefficient (Wildman–Crippen LogP) is 4.23. The Kier molecular flexibility index (Phi) is 5.01. The van der Waals surface area contributed by atoms with E-state index in [1.54, 1.807) is 4.90 Å². The Morgan fingerprint density at radius 1 is 0.786 bits per heavy atom. The molecule has 0 unspecified atom stereocenters. The molecule has 28 heavy (non-hydrogen) atoms. The molecule has 3 aromatic rings. The van der Waals surface area contributed by atoms with Crippen molar-refractivity contribution >= 4 is 34.2 Å². The Bertz CT molecular complexity index is 1040.